The van der Waals surface area contributed by atoms with E-state index in [1.54, 1.807) is 78.6 Å². The highest BCUT2D eigenvalue weighted by Gasteiger charge is 2.31. The van der Waals surface area contributed by atoms with Gasteiger partial charge in [-0.2, -0.15) is 0 Å². The summed E-state index contributed by atoms with van der Waals surface area (Å²) in [5.74, 6) is -0.617. The van der Waals surface area contributed by atoms with E-state index in [-0.39, 0.29) is 54.6 Å². The molecule has 11 nitrogen and oxygen atoms in total. The van der Waals surface area contributed by atoms with Crippen LogP contribution in [0.2, 0.25) is 0 Å². The predicted octanol–water partition coefficient (Wildman–Crippen LogP) is 4.30. The van der Waals surface area contributed by atoms with Gasteiger partial charge in [0.2, 0.25) is 0 Å². The second-order valence-corrected chi connectivity index (χ2v) is 11.6. The van der Waals surface area contributed by atoms with Crippen LogP contribution < -0.4 is 10.1 Å². The van der Waals surface area contributed by atoms with Crippen molar-refractivity contribution in [1.29, 1.82) is 0 Å². The molecular formula is C34H43N5O6. The number of ether oxygens (including phenoxy) is 2. The molecule has 0 saturated heterocycles. The van der Waals surface area contributed by atoms with Crippen LogP contribution in [0.1, 0.15) is 71.1 Å². The van der Waals surface area contributed by atoms with Crippen LogP contribution in [0, 0.1) is 5.92 Å². The Morgan fingerprint density at radius 1 is 1.04 bits per heavy atom. The largest absolute Gasteiger partial charge is 0.490 e. The van der Waals surface area contributed by atoms with Crippen LogP contribution in [0.25, 0.3) is 0 Å². The predicted molar refractivity (Wildman–Crippen MR) is 170 cm³/mol. The van der Waals surface area contributed by atoms with E-state index in [4.69, 9.17) is 9.47 Å². The first kappa shape index (κ1) is 33.5. The van der Waals surface area contributed by atoms with E-state index in [1.807, 2.05) is 13.8 Å². The van der Waals surface area contributed by atoms with Crippen molar-refractivity contribution in [3.05, 3.63) is 83.9 Å². The zero-order chi connectivity index (χ0) is 32.3. The number of nitrogens with one attached hydrogen (secondary N) is 1. The molecule has 3 amide bonds. The molecule has 0 spiro atoms. The van der Waals surface area contributed by atoms with E-state index in [9.17, 15) is 19.5 Å². The van der Waals surface area contributed by atoms with Gasteiger partial charge in [0.25, 0.3) is 17.7 Å². The Morgan fingerprint density at radius 2 is 1.71 bits per heavy atom. The quantitative estimate of drug-likeness (QED) is 0.401. The molecule has 3 heterocycles. The molecule has 3 aromatic rings. The van der Waals surface area contributed by atoms with E-state index < -0.39 is 6.04 Å². The molecule has 11 heteroatoms. The molecule has 2 aromatic heterocycles. The number of aromatic nitrogens is 2. The van der Waals surface area contributed by atoms with Crippen molar-refractivity contribution in [3.8, 4) is 5.75 Å². The van der Waals surface area contributed by atoms with Crippen molar-refractivity contribution >= 4 is 23.4 Å². The number of aliphatic hydroxyl groups excluding tert-OH is 1. The molecule has 1 aliphatic rings. The first-order valence-corrected chi connectivity index (χ1v) is 15.4. The van der Waals surface area contributed by atoms with Crippen LogP contribution in [-0.4, -0.2) is 94.2 Å². The number of hydrogen-bond donors (Lipinski definition) is 2. The van der Waals surface area contributed by atoms with Gasteiger partial charge in [-0.25, -0.2) is 0 Å². The summed E-state index contributed by atoms with van der Waals surface area (Å²) in [5, 5.41) is 13.0. The van der Waals surface area contributed by atoms with Gasteiger partial charge in [-0.15, -0.1) is 0 Å². The molecule has 2 N–H and O–H groups in total. The van der Waals surface area contributed by atoms with Gasteiger partial charge in [0, 0.05) is 74.3 Å². The molecule has 4 rings (SSSR count). The van der Waals surface area contributed by atoms with Crippen LogP contribution >= 0.6 is 0 Å². The zero-order valence-corrected chi connectivity index (χ0v) is 26.4. The molecule has 4 atom stereocenters. The summed E-state index contributed by atoms with van der Waals surface area (Å²) in [6.07, 6.45) is 8.09. The van der Waals surface area contributed by atoms with Crippen LogP contribution in [-0.2, 0) is 4.74 Å². The monoisotopic (exact) mass is 617 g/mol. The second-order valence-electron chi connectivity index (χ2n) is 11.6. The van der Waals surface area contributed by atoms with Crippen molar-refractivity contribution in [2.45, 2.75) is 58.3 Å². The number of aliphatic hydroxyl groups is 1. The molecule has 240 valence electrons. The average Bonchev–Trinajstić information content (AvgIpc) is 3.06. The smallest absolute Gasteiger partial charge is 0.258 e. The summed E-state index contributed by atoms with van der Waals surface area (Å²) >= 11 is 0. The number of pyridine rings is 2. The summed E-state index contributed by atoms with van der Waals surface area (Å²) < 4.78 is 12.6. The molecule has 45 heavy (non-hydrogen) atoms. The third kappa shape index (κ3) is 9.09. The number of likely N-dealkylation sites (N-methyl/N-ethyl adjacent to an activating group) is 1. The topological polar surface area (TPSA) is 134 Å². The highest BCUT2D eigenvalue weighted by atomic mass is 16.5. The van der Waals surface area contributed by atoms with Crippen LogP contribution in [0.5, 0.6) is 5.75 Å². The van der Waals surface area contributed by atoms with Gasteiger partial charge in [0.1, 0.15) is 5.75 Å². The molecule has 0 radical (unpaired) electrons. The average molecular weight is 618 g/mol. The van der Waals surface area contributed by atoms with Crippen molar-refractivity contribution < 1.29 is 29.0 Å². The van der Waals surface area contributed by atoms with Gasteiger partial charge < -0.3 is 29.7 Å². The summed E-state index contributed by atoms with van der Waals surface area (Å²) in [7, 11) is 1.74. The first-order chi connectivity index (χ1) is 21.7. The Hall–Kier alpha value is -4.35. The number of nitrogens with zero attached hydrogens (tertiary/aromatic N) is 4. The summed E-state index contributed by atoms with van der Waals surface area (Å²) in [6, 6.07) is 11.1. The summed E-state index contributed by atoms with van der Waals surface area (Å²) in [4.78, 5) is 51.5. The Balaban J connectivity index is 1.63. The number of carbonyl (C=O) groups is 3. The third-order valence-corrected chi connectivity index (χ3v) is 7.98. The number of benzene rings is 1. The molecule has 0 fully saturated rings. The van der Waals surface area contributed by atoms with Gasteiger partial charge >= 0.3 is 0 Å². The Morgan fingerprint density at radius 3 is 2.38 bits per heavy atom. The van der Waals surface area contributed by atoms with Gasteiger partial charge in [-0.1, -0.05) is 6.92 Å². The molecule has 0 saturated carbocycles. The first-order valence-electron chi connectivity index (χ1n) is 15.4. The van der Waals surface area contributed by atoms with E-state index in [0.717, 1.165) is 19.3 Å². The van der Waals surface area contributed by atoms with E-state index in [0.29, 0.717) is 35.7 Å². The highest BCUT2D eigenvalue weighted by Crippen LogP contribution is 2.29. The Bertz CT molecular complexity index is 1420. The van der Waals surface area contributed by atoms with E-state index >= 15 is 0 Å². The standard InChI is InChI=1S/C34H43N5O6/c1-23-20-39(24(2)22-40)34(43)29-19-28(37-32(41)26-10-14-35-15-11-26)8-9-30(29)45-25(3)7-5-6-18-44-31(23)21-38(4)33(42)27-12-16-36-17-13-27/h8-17,19,23-25,31,40H,5-7,18,20-22H2,1-4H3,(H,37,41)/t23-,24-,25-,31-/m0/s1. The SMILES string of the molecule is C[C@H]1CCCCO[C@@H](CN(C)C(=O)c2ccncc2)[C@@H](C)CN([C@@H](C)CO)C(=O)c2cc(NC(=O)c3ccncc3)ccc2O1. The number of amides is 3. The Kier molecular flexibility index (Phi) is 12.0. The minimum absolute atomic E-state index is 0.148. The summed E-state index contributed by atoms with van der Waals surface area (Å²) in [5.41, 5.74) is 1.68. The fraction of sp³-hybridized carbons (Fsp3) is 0.441. The van der Waals surface area contributed by atoms with Crippen molar-refractivity contribution in [2.24, 2.45) is 5.92 Å². The minimum atomic E-state index is -0.523. The number of hydrogen-bond acceptors (Lipinski definition) is 8. The van der Waals surface area contributed by atoms with Crippen LogP contribution in [0.15, 0.2) is 67.3 Å². The fourth-order valence-electron chi connectivity index (χ4n) is 5.24. The lowest BCUT2D eigenvalue weighted by Gasteiger charge is -2.36. The summed E-state index contributed by atoms with van der Waals surface area (Å²) in [6.45, 7) is 6.54. The van der Waals surface area contributed by atoms with Crippen LogP contribution in [0.3, 0.4) is 0 Å². The number of fused-ring (bicyclic) bond motifs is 1. The van der Waals surface area contributed by atoms with E-state index in [1.165, 1.54) is 12.4 Å². The van der Waals surface area contributed by atoms with Crippen LogP contribution in [0.4, 0.5) is 5.69 Å². The number of rotatable bonds is 7. The van der Waals surface area contributed by atoms with Crippen molar-refractivity contribution in [2.75, 3.05) is 38.7 Å². The molecule has 1 aromatic carbocycles. The second kappa shape index (κ2) is 16.1. The highest BCUT2D eigenvalue weighted by molar-refractivity contribution is 6.05. The Labute approximate surface area is 264 Å². The fourth-order valence-corrected chi connectivity index (χ4v) is 5.24. The van der Waals surface area contributed by atoms with Gasteiger partial charge in [-0.3, -0.25) is 24.4 Å². The third-order valence-electron chi connectivity index (χ3n) is 7.98. The molecular weight excluding hydrogens is 574 g/mol. The minimum Gasteiger partial charge on any atom is -0.490 e. The maximum atomic E-state index is 14.3. The normalized spacial score (nSPS) is 20.2. The number of anilines is 1. The molecule has 0 aliphatic carbocycles. The van der Waals surface area contributed by atoms with Gasteiger partial charge in [0.05, 0.1) is 30.4 Å². The lowest BCUT2D eigenvalue weighted by Crippen LogP contribution is -2.48. The van der Waals surface area contributed by atoms with Gasteiger partial charge in [-0.05, 0) is 75.6 Å². The molecule has 0 bridgehead atoms. The van der Waals surface area contributed by atoms with Crippen molar-refractivity contribution in [3.63, 3.8) is 0 Å². The maximum absolute atomic E-state index is 14.3. The van der Waals surface area contributed by atoms with Crippen molar-refractivity contribution in [1.82, 2.24) is 19.8 Å². The lowest BCUT2D eigenvalue weighted by molar-refractivity contribution is -0.0149. The maximum Gasteiger partial charge on any atom is 0.258 e. The zero-order valence-electron chi connectivity index (χ0n) is 26.4. The molecule has 0 unspecified atom stereocenters. The lowest BCUT2D eigenvalue weighted by atomic mass is 10.0. The van der Waals surface area contributed by atoms with Gasteiger partial charge in [0.15, 0.2) is 0 Å². The van der Waals surface area contributed by atoms with E-state index in [2.05, 4.69) is 15.3 Å². The molecule has 1 aliphatic heterocycles. The number of carbonyl (C=O) groups excluding carboxylic acids is 3.